The lowest BCUT2D eigenvalue weighted by Crippen LogP contribution is -2.53. The zero-order chi connectivity index (χ0) is 24.8. The van der Waals surface area contributed by atoms with Gasteiger partial charge in [-0.25, -0.2) is 0 Å². The SMILES string of the molecule is FC(F)(F)C(F)(F)C(F)(F)OCOC=COC=COCOC(F)(F)C(F)(F)C(F)(F)F. The van der Waals surface area contributed by atoms with Crippen molar-refractivity contribution in [2.45, 2.75) is 36.4 Å². The third kappa shape index (κ3) is 7.47. The van der Waals surface area contributed by atoms with Gasteiger partial charge in [-0.15, -0.1) is 0 Å². The van der Waals surface area contributed by atoms with Crippen molar-refractivity contribution in [1.82, 2.24) is 0 Å². The van der Waals surface area contributed by atoms with E-state index in [4.69, 9.17) is 0 Å². The Morgan fingerprint density at radius 3 is 1.00 bits per heavy atom. The average molecular weight is 498 g/mol. The van der Waals surface area contributed by atoms with Gasteiger partial charge in [-0.3, -0.25) is 9.47 Å². The quantitative estimate of drug-likeness (QED) is 0.154. The van der Waals surface area contributed by atoms with Gasteiger partial charge >= 0.3 is 36.4 Å². The van der Waals surface area contributed by atoms with Crippen LogP contribution in [-0.2, 0) is 23.7 Å². The van der Waals surface area contributed by atoms with Gasteiger partial charge < -0.3 is 14.2 Å². The van der Waals surface area contributed by atoms with Crippen LogP contribution in [0.5, 0.6) is 0 Å². The van der Waals surface area contributed by atoms with Gasteiger partial charge in [-0.1, -0.05) is 0 Å². The molecule has 0 saturated carbocycles. The predicted molar refractivity (Wildman–Crippen MR) is 65.3 cm³/mol. The highest BCUT2D eigenvalue weighted by Crippen LogP contribution is 2.47. The molecule has 5 nitrogen and oxygen atoms in total. The van der Waals surface area contributed by atoms with E-state index in [2.05, 4.69) is 23.7 Å². The minimum absolute atomic E-state index is 0.251. The Hall–Kier alpha value is -2.18. The summed E-state index contributed by atoms with van der Waals surface area (Å²) in [5.74, 6) is -13.1. The summed E-state index contributed by atoms with van der Waals surface area (Å²) in [5.41, 5.74) is 0. The Morgan fingerprint density at radius 2 is 0.742 bits per heavy atom. The van der Waals surface area contributed by atoms with Gasteiger partial charge in [0.05, 0.1) is 0 Å². The maximum absolute atomic E-state index is 12.6. The fraction of sp³-hybridized carbons (Fsp3) is 0.667. The minimum atomic E-state index is -6.63. The van der Waals surface area contributed by atoms with Crippen LogP contribution >= 0.6 is 0 Å². The van der Waals surface area contributed by atoms with E-state index in [0.717, 1.165) is 0 Å². The summed E-state index contributed by atoms with van der Waals surface area (Å²) in [6, 6.07) is 0. The summed E-state index contributed by atoms with van der Waals surface area (Å²) < 4.78 is 189. The molecule has 0 aliphatic carbocycles. The third-order valence-corrected chi connectivity index (χ3v) is 2.52. The summed E-state index contributed by atoms with van der Waals surface area (Å²) in [5, 5.41) is 0. The molecule has 0 aliphatic heterocycles. The van der Waals surface area contributed by atoms with Crippen LogP contribution in [0.15, 0.2) is 25.0 Å². The maximum Gasteiger partial charge on any atom is 0.462 e. The highest BCUT2D eigenvalue weighted by molar-refractivity contribution is 4.85. The molecule has 19 heteroatoms. The normalized spacial score (nSPS) is 15.0. The highest BCUT2D eigenvalue weighted by Gasteiger charge is 2.75. The molecule has 31 heavy (non-hydrogen) atoms. The van der Waals surface area contributed by atoms with Gasteiger partial charge in [-0.05, 0) is 0 Å². The van der Waals surface area contributed by atoms with Crippen LogP contribution in [0.1, 0.15) is 0 Å². The molecular weight excluding hydrogens is 490 g/mol. The number of alkyl halides is 14. The van der Waals surface area contributed by atoms with Crippen LogP contribution < -0.4 is 0 Å². The van der Waals surface area contributed by atoms with E-state index in [0.29, 0.717) is 12.5 Å². The van der Waals surface area contributed by atoms with E-state index in [1.807, 2.05) is 0 Å². The molecule has 0 aromatic rings. The van der Waals surface area contributed by atoms with Gasteiger partial charge in [0.1, 0.15) is 25.0 Å². The van der Waals surface area contributed by atoms with Crippen molar-refractivity contribution in [2.75, 3.05) is 13.6 Å². The maximum atomic E-state index is 12.6. The molecule has 0 rings (SSSR count). The molecule has 184 valence electrons. The van der Waals surface area contributed by atoms with Gasteiger partial charge in [0.25, 0.3) is 0 Å². The topological polar surface area (TPSA) is 46.2 Å². The van der Waals surface area contributed by atoms with Crippen LogP contribution in [0, 0.1) is 0 Å². The summed E-state index contributed by atoms with van der Waals surface area (Å²) in [4.78, 5) is 0. The molecule has 0 unspecified atom stereocenters. The summed E-state index contributed by atoms with van der Waals surface area (Å²) in [7, 11) is 0. The second-order valence-corrected chi connectivity index (χ2v) is 4.72. The second-order valence-electron chi connectivity index (χ2n) is 4.72. The van der Waals surface area contributed by atoms with Crippen LogP contribution in [0.4, 0.5) is 61.5 Å². The van der Waals surface area contributed by atoms with Crippen molar-refractivity contribution in [3.63, 3.8) is 0 Å². The Kier molecular flexibility index (Phi) is 9.26. The number of ether oxygens (including phenoxy) is 5. The van der Waals surface area contributed by atoms with Crippen molar-refractivity contribution < 1.29 is 85.2 Å². The first kappa shape index (κ1) is 28.8. The van der Waals surface area contributed by atoms with Gasteiger partial charge in [0, 0.05) is 0 Å². The van der Waals surface area contributed by atoms with Crippen molar-refractivity contribution in [1.29, 1.82) is 0 Å². The highest BCUT2D eigenvalue weighted by atomic mass is 19.4. The smallest absolute Gasteiger partial charge is 0.462 e. The molecule has 0 bridgehead atoms. The third-order valence-electron chi connectivity index (χ3n) is 2.52. The molecule has 0 N–H and O–H groups in total. The lowest BCUT2D eigenvalue weighted by atomic mass is 10.3. The fourth-order valence-corrected chi connectivity index (χ4v) is 0.994. The van der Waals surface area contributed by atoms with E-state index in [1.54, 1.807) is 0 Å². The lowest BCUT2D eigenvalue weighted by Gasteiger charge is -2.27. The van der Waals surface area contributed by atoms with Gasteiger partial charge in [0.15, 0.2) is 13.6 Å². The standard InChI is InChI=1S/C12H8F14O5/c13-7(14,9(17,18)19)11(23,24)30-5-28-3-1-27-2-4-29-6-31-12(25,26)8(15,16)10(20,21)22/h1-4H,5-6H2. The molecule has 0 atom stereocenters. The van der Waals surface area contributed by atoms with Crippen LogP contribution in [-0.4, -0.2) is 50.0 Å². The number of hydrogen-bond donors (Lipinski definition) is 0. The molecule has 0 aromatic carbocycles. The first-order valence-electron chi connectivity index (χ1n) is 6.82. The molecule has 0 amide bonds. The van der Waals surface area contributed by atoms with Crippen LogP contribution in [0.3, 0.4) is 0 Å². The number of hydrogen-bond acceptors (Lipinski definition) is 5. The lowest BCUT2D eigenvalue weighted by molar-refractivity contribution is -0.432. The first-order chi connectivity index (χ1) is 13.7. The average Bonchev–Trinajstić information content (AvgIpc) is 2.57. The Balaban J connectivity index is 4.25. The van der Waals surface area contributed by atoms with Crippen LogP contribution in [0.2, 0.25) is 0 Å². The first-order valence-corrected chi connectivity index (χ1v) is 6.82. The minimum Gasteiger partial charge on any atom is -0.472 e. The van der Waals surface area contributed by atoms with E-state index in [-0.39, 0.29) is 12.5 Å². The monoisotopic (exact) mass is 498 g/mol. The van der Waals surface area contributed by atoms with Gasteiger partial charge in [-0.2, -0.15) is 61.5 Å². The zero-order valence-corrected chi connectivity index (χ0v) is 14.1. The number of halogens is 14. The predicted octanol–water partition coefficient (Wildman–Crippen LogP) is 5.51. The molecule has 0 aliphatic rings. The molecule has 0 saturated heterocycles. The summed E-state index contributed by atoms with van der Waals surface area (Å²) >= 11 is 0. The second kappa shape index (κ2) is 9.96. The van der Waals surface area contributed by atoms with Crippen molar-refractivity contribution in [3.8, 4) is 0 Å². The Morgan fingerprint density at radius 1 is 0.452 bits per heavy atom. The van der Waals surface area contributed by atoms with E-state index < -0.39 is 50.0 Å². The largest absolute Gasteiger partial charge is 0.472 e. The van der Waals surface area contributed by atoms with Crippen molar-refractivity contribution in [3.05, 3.63) is 25.0 Å². The summed E-state index contributed by atoms with van der Waals surface area (Å²) in [6.07, 6.45) is -24.0. The Labute approximate surface area is 161 Å². The van der Waals surface area contributed by atoms with E-state index in [9.17, 15) is 61.5 Å². The molecular formula is C12H8F14O5. The molecule has 0 heterocycles. The molecule has 0 radical (unpaired) electrons. The Bertz CT molecular complexity index is 558. The zero-order valence-electron chi connectivity index (χ0n) is 14.1. The van der Waals surface area contributed by atoms with Crippen molar-refractivity contribution in [2.24, 2.45) is 0 Å². The van der Waals surface area contributed by atoms with E-state index >= 15 is 0 Å². The van der Waals surface area contributed by atoms with Crippen LogP contribution in [0.25, 0.3) is 0 Å². The molecule has 0 spiro atoms. The van der Waals surface area contributed by atoms with Crippen molar-refractivity contribution >= 4 is 0 Å². The van der Waals surface area contributed by atoms with E-state index in [1.165, 1.54) is 0 Å². The summed E-state index contributed by atoms with van der Waals surface area (Å²) in [6.45, 7) is -3.65. The molecule has 0 fully saturated rings. The number of rotatable bonds is 12. The molecule has 0 aromatic heterocycles. The fourth-order valence-electron chi connectivity index (χ4n) is 0.994. The van der Waals surface area contributed by atoms with Gasteiger partial charge in [0.2, 0.25) is 0 Å².